The van der Waals surface area contributed by atoms with Crippen molar-refractivity contribution in [3.8, 4) is 0 Å². The second kappa shape index (κ2) is 8.01. The van der Waals surface area contributed by atoms with Gasteiger partial charge in [0.25, 0.3) is 0 Å². The van der Waals surface area contributed by atoms with Gasteiger partial charge in [0, 0.05) is 19.1 Å². The number of aromatic nitrogens is 2. The largest absolute Gasteiger partial charge is 0.444 e. The molecule has 2 aromatic carbocycles. The molecule has 6 heteroatoms. The Bertz CT molecular complexity index is 1030. The topological polar surface area (TPSA) is 59.4 Å². The molecular weight excluding hydrogens is 376 g/mol. The molecule has 0 radical (unpaired) electrons. The fourth-order valence-electron chi connectivity index (χ4n) is 3.77. The van der Waals surface area contributed by atoms with Crippen LogP contribution in [-0.4, -0.2) is 45.3 Å². The van der Waals surface area contributed by atoms with Gasteiger partial charge < -0.3 is 19.5 Å². The van der Waals surface area contributed by atoms with Gasteiger partial charge >= 0.3 is 6.09 Å². The summed E-state index contributed by atoms with van der Waals surface area (Å²) in [6, 6.07) is 16.9. The number of rotatable bonds is 4. The fourth-order valence-corrected chi connectivity index (χ4v) is 3.77. The minimum absolute atomic E-state index is 0.145. The van der Waals surface area contributed by atoms with Crippen molar-refractivity contribution in [1.82, 2.24) is 14.5 Å². The van der Waals surface area contributed by atoms with Crippen LogP contribution in [0, 0.1) is 6.92 Å². The van der Waals surface area contributed by atoms with Crippen LogP contribution in [0.25, 0.3) is 11.0 Å². The molecule has 3 aromatic rings. The molecule has 0 saturated carbocycles. The number of ether oxygens (including phenoxy) is 1. The summed E-state index contributed by atoms with van der Waals surface area (Å²) < 4.78 is 7.74. The smallest absolute Gasteiger partial charge is 0.410 e. The SMILES string of the molecule is Cc1ccc(Cn2c(NC3CCN(C(=O)OC(C)(C)C)C3)nc3ccccc32)cc1. The van der Waals surface area contributed by atoms with Gasteiger partial charge in [-0.3, -0.25) is 0 Å². The second-order valence-electron chi connectivity index (χ2n) is 9.05. The quantitative estimate of drug-likeness (QED) is 0.675. The van der Waals surface area contributed by atoms with Gasteiger partial charge in [0.1, 0.15) is 5.60 Å². The van der Waals surface area contributed by atoms with Crippen LogP contribution in [-0.2, 0) is 11.3 Å². The number of hydrogen-bond acceptors (Lipinski definition) is 4. The molecule has 1 aliphatic heterocycles. The van der Waals surface area contributed by atoms with E-state index in [1.165, 1.54) is 11.1 Å². The number of amides is 1. The summed E-state index contributed by atoms with van der Waals surface area (Å²) in [6.45, 7) is 9.82. The van der Waals surface area contributed by atoms with Crippen molar-refractivity contribution in [3.63, 3.8) is 0 Å². The number of nitrogens with one attached hydrogen (secondary N) is 1. The third-order valence-electron chi connectivity index (χ3n) is 5.29. The van der Waals surface area contributed by atoms with Gasteiger partial charge in [-0.25, -0.2) is 9.78 Å². The minimum atomic E-state index is -0.482. The lowest BCUT2D eigenvalue weighted by Crippen LogP contribution is -2.36. The Labute approximate surface area is 177 Å². The average Bonchev–Trinajstić information content (AvgIpc) is 3.28. The van der Waals surface area contributed by atoms with E-state index in [1.54, 1.807) is 4.90 Å². The Morgan fingerprint density at radius 3 is 2.63 bits per heavy atom. The number of benzene rings is 2. The highest BCUT2D eigenvalue weighted by Crippen LogP contribution is 2.24. The number of fused-ring (bicyclic) bond motifs is 1. The normalized spacial score (nSPS) is 16.8. The molecule has 0 spiro atoms. The van der Waals surface area contributed by atoms with Gasteiger partial charge in [-0.15, -0.1) is 0 Å². The Hall–Kier alpha value is -3.02. The average molecular weight is 407 g/mol. The van der Waals surface area contributed by atoms with Crippen LogP contribution in [0.1, 0.15) is 38.3 Å². The number of anilines is 1. The van der Waals surface area contributed by atoms with Crippen LogP contribution < -0.4 is 5.32 Å². The zero-order chi connectivity index (χ0) is 21.3. The number of carbonyl (C=O) groups is 1. The molecule has 0 bridgehead atoms. The zero-order valence-corrected chi connectivity index (χ0v) is 18.2. The number of carbonyl (C=O) groups excluding carboxylic acids is 1. The van der Waals surface area contributed by atoms with Gasteiger partial charge in [-0.05, 0) is 51.8 Å². The lowest BCUT2D eigenvalue weighted by atomic mass is 10.1. The summed E-state index contributed by atoms with van der Waals surface area (Å²) >= 11 is 0. The molecule has 158 valence electrons. The Morgan fingerprint density at radius 1 is 1.17 bits per heavy atom. The minimum Gasteiger partial charge on any atom is -0.444 e. The number of hydrogen-bond donors (Lipinski definition) is 1. The highest BCUT2D eigenvalue weighted by atomic mass is 16.6. The third kappa shape index (κ3) is 4.58. The molecular formula is C24H30N4O2. The van der Waals surface area contributed by atoms with Crippen molar-refractivity contribution in [1.29, 1.82) is 0 Å². The van der Waals surface area contributed by atoms with Crippen molar-refractivity contribution in [3.05, 3.63) is 59.7 Å². The summed E-state index contributed by atoms with van der Waals surface area (Å²) in [5, 5.41) is 3.58. The number of imidazole rings is 1. The fraction of sp³-hybridized carbons (Fsp3) is 0.417. The molecule has 1 atom stereocenters. The molecule has 1 saturated heterocycles. The standard InChI is InChI=1S/C24H30N4O2/c1-17-9-11-18(12-10-17)15-28-21-8-6-5-7-20(21)26-22(28)25-19-13-14-27(16-19)23(29)30-24(2,3)4/h5-12,19H,13-16H2,1-4H3,(H,25,26). The molecule has 30 heavy (non-hydrogen) atoms. The molecule has 0 aliphatic carbocycles. The molecule has 4 rings (SSSR count). The van der Waals surface area contributed by atoms with Crippen LogP contribution in [0.5, 0.6) is 0 Å². The van der Waals surface area contributed by atoms with Gasteiger partial charge in [-0.1, -0.05) is 42.0 Å². The molecule has 1 aromatic heterocycles. The highest BCUT2D eigenvalue weighted by molar-refractivity contribution is 5.79. The summed E-state index contributed by atoms with van der Waals surface area (Å²) in [5.41, 5.74) is 4.07. The first-order chi connectivity index (χ1) is 14.3. The van der Waals surface area contributed by atoms with E-state index in [1.807, 2.05) is 39.0 Å². The van der Waals surface area contributed by atoms with E-state index in [0.29, 0.717) is 13.1 Å². The molecule has 1 N–H and O–H groups in total. The van der Waals surface area contributed by atoms with Gasteiger partial charge in [0.15, 0.2) is 0 Å². The van der Waals surface area contributed by atoms with Gasteiger partial charge in [-0.2, -0.15) is 0 Å². The van der Waals surface area contributed by atoms with E-state index < -0.39 is 5.60 Å². The van der Waals surface area contributed by atoms with Crippen molar-refractivity contribution in [2.45, 2.75) is 52.3 Å². The molecule has 1 unspecified atom stereocenters. The third-order valence-corrected chi connectivity index (χ3v) is 5.29. The van der Waals surface area contributed by atoms with E-state index in [0.717, 1.165) is 29.9 Å². The predicted octanol–water partition coefficient (Wildman–Crippen LogP) is 4.81. The Morgan fingerprint density at radius 2 is 1.90 bits per heavy atom. The summed E-state index contributed by atoms with van der Waals surface area (Å²) in [7, 11) is 0. The lowest BCUT2D eigenvalue weighted by Gasteiger charge is -2.24. The van der Waals surface area contributed by atoms with Crippen LogP contribution in [0.4, 0.5) is 10.7 Å². The van der Waals surface area contributed by atoms with Crippen LogP contribution in [0.15, 0.2) is 48.5 Å². The van der Waals surface area contributed by atoms with Crippen molar-refractivity contribution < 1.29 is 9.53 Å². The van der Waals surface area contributed by atoms with E-state index in [2.05, 4.69) is 47.1 Å². The number of aryl methyl sites for hydroxylation is 1. The Kier molecular flexibility index (Phi) is 5.41. The summed E-state index contributed by atoms with van der Waals surface area (Å²) in [4.78, 5) is 19.0. The Balaban J connectivity index is 1.53. The molecule has 1 aliphatic rings. The summed E-state index contributed by atoms with van der Waals surface area (Å²) in [6.07, 6.45) is 0.618. The highest BCUT2D eigenvalue weighted by Gasteiger charge is 2.30. The van der Waals surface area contributed by atoms with Crippen molar-refractivity contribution in [2.75, 3.05) is 18.4 Å². The maximum Gasteiger partial charge on any atom is 0.410 e. The maximum absolute atomic E-state index is 12.4. The van der Waals surface area contributed by atoms with E-state index in [-0.39, 0.29) is 12.1 Å². The molecule has 2 heterocycles. The van der Waals surface area contributed by atoms with E-state index in [9.17, 15) is 4.79 Å². The van der Waals surface area contributed by atoms with Crippen molar-refractivity contribution >= 4 is 23.1 Å². The number of para-hydroxylation sites is 2. The molecule has 6 nitrogen and oxygen atoms in total. The number of nitrogens with zero attached hydrogens (tertiary/aromatic N) is 3. The first-order valence-corrected chi connectivity index (χ1v) is 10.5. The van der Waals surface area contributed by atoms with Crippen LogP contribution >= 0.6 is 0 Å². The summed E-state index contributed by atoms with van der Waals surface area (Å²) in [5.74, 6) is 0.841. The zero-order valence-electron chi connectivity index (χ0n) is 18.2. The van der Waals surface area contributed by atoms with Crippen LogP contribution in [0.2, 0.25) is 0 Å². The maximum atomic E-state index is 12.4. The monoisotopic (exact) mass is 406 g/mol. The number of likely N-dealkylation sites (tertiary alicyclic amines) is 1. The van der Waals surface area contributed by atoms with Gasteiger partial charge in [0.2, 0.25) is 5.95 Å². The van der Waals surface area contributed by atoms with Crippen molar-refractivity contribution in [2.24, 2.45) is 0 Å². The molecule has 1 amide bonds. The second-order valence-corrected chi connectivity index (χ2v) is 9.05. The lowest BCUT2D eigenvalue weighted by molar-refractivity contribution is 0.0293. The first kappa shape index (κ1) is 20.3. The van der Waals surface area contributed by atoms with Crippen LogP contribution in [0.3, 0.4) is 0 Å². The molecule has 1 fully saturated rings. The van der Waals surface area contributed by atoms with E-state index in [4.69, 9.17) is 9.72 Å². The van der Waals surface area contributed by atoms with E-state index >= 15 is 0 Å². The van der Waals surface area contributed by atoms with Gasteiger partial charge in [0.05, 0.1) is 17.6 Å². The predicted molar refractivity (Wildman–Crippen MR) is 120 cm³/mol. The first-order valence-electron chi connectivity index (χ1n) is 10.5.